The van der Waals surface area contributed by atoms with Crippen molar-refractivity contribution in [2.75, 3.05) is 5.32 Å². The van der Waals surface area contributed by atoms with Gasteiger partial charge in [-0.3, -0.25) is 0 Å². The average molecular weight is 365 g/mol. The molecule has 3 heterocycles. The Morgan fingerprint density at radius 3 is 3.04 bits per heavy atom. The molecule has 1 N–H and O–H groups in total. The van der Waals surface area contributed by atoms with Crippen LogP contribution < -0.4 is 5.32 Å². The molecular formula is C17H15N7OS. The lowest BCUT2D eigenvalue weighted by molar-refractivity contribution is 0.384. The van der Waals surface area contributed by atoms with Crippen LogP contribution in [0.15, 0.2) is 46.3 Å². The molecule has 3 aromatic heterocycles. The Labute approximate surface area is 152 Å². The molecule has 0 radical (unpaired) electrons. The third-order valence-electron chi connectivity index (χ3n) is 4.16. The second-order valence-corrected chi connectivity index (χ2v) is 7.05. The predicted molar refractivity (Wildman–Crippen MR) is 96.5 cm³/mol. The molecule has 0 spiro atoms. The molecule has 26 heavy (non-hydrogen) atoms. The Morgan fingerprint density at radius 2 is 2.19 bits per heavy atom. The minimum atomic E-state index is 0.436. The van der Waals surface area contributed by atoms with Gasteiger partial charge in [0, 0.05) is 11.3 Å². The van der Waals surface area contributed by atoms with Crippen molar-refractivity contribution in [2.45, 2.75) is 25.4 Å². The highest BCUT2D eigenvalue weighted by molar-refractivity contribution is 7.13. The first-order chi connectivity index (χ1) is 12.9. The fraction of sp³-hybridized carbons (Fsp3) is 0.235. The van der Waals surface area contributed by atoms with Crippen LogP contribution in [-0.4, -0.2) is 30.3 Å². The summed E-state index contributed by atoms with van der Waals surface area (Å²) in [5, 5.41) is 21.4. The molecule has 130 valence electrons. The van der Waals surface area contributed by atoms with Crippen LogP contribution in [-0.2, 0) is 6.54 Å². The zero-order chi connectivity index (χ0) is 17.3. The van der Waals surface area contributed by atoms with Crippen LogP contribution in [0.3, 0.4) is 0 Å². The maximum absolute atomic E-state index is 5.32. The summed E-state index contributed by atoms with van der Waals surface area (Å²) in [6.45, 7) is 0.454. The molecule has 0 bridgehead atoms. The van der Waals surface area contributed by atoms with Crippen LogP contribution in [0.2, 0.25) is 0 Å². The number of benzene rings is 1. The third kappa shape index (κ3) is 2.97. The molecule has 1 saturated carbocycles. The molecule has 1 fully saturated rings. The SMILES string of the molecule is c1cc(NCc2nc(-c3cccs3)no2)cc(-c2nnnn2C2CC2)c1. The van der Waals surface area contributed by atoms with Gasteiger partial charge in [-0.05, 0) is 46.8 Å². The van der Waals surface area contributed by atoms with Crippen LogP contribution in [0, 0.1) is 0 Å². The molecule has 5 rings (SSSR count). The van der Waals surface area contributed by atoms with Crippen LogP contribution in [0.1, 0.15) is 24.8 Å². The number of hydrogen-bond acceptors (Lipinski definition) is 8. The second-order valence-electron chi connectivity index (χ2n) is 6.10. The number of hydrogen-bond donors (Lipinski definition) is 1. The first-order valence-electron chi connectivity index (χ1n) is 8.35. The van der Waals surface area contributed by atoms with E-state index in [0.29, 0.717) is 24.3 Å². The van der Waals surface area contributed by atoms with Gasteiger partial charge in [0.2, 0.25) is 11.7 Å². The van der Waals surface area contributed by atoms with Crippen LogP contribution in [0.4, 0.5) is 5.69 Å². The molecule has 9 heteroatoms. The van der Waals surface area contributed by atoms with Crippen molar-refractivity contribution in [3.63, 3.8) is 0 Å². The lowest BCUT2D eigenvalue weighted by Gasteiger charge is -2.06. The molecule has 0 amide bonds. The Bertz CT molecular complexity index is 1020. The minimum Gasteiger partial charge on any atom is -0.376 e. The zero-order valence-electron chi connectivity index (χ0n) is 13.7. The van der Waals surface area contributed by atoms with Crippen molar-refractivity contribution >= 4 is 17.0 Å². The number of thiophene rings is 1. The normalized spacial score (nSPS) is 13.8. The van der Waals surface area contributed by atoms with Crippen molar-refractivity contribution in [2.24, 2.45) is 0 Å². The van der Waals surface area contributed by atoms with Crippen molar-refractivity contribution in [1.82, 2.24) is 30.3 Å². The summed E-state index contributed by atoms with van der Waals surface area (Å²) < 4.78 is 7.23. The molecule has 0 saturated heterocycles. The number of tetrazole rings is 1. The van der Waals surface area contributed by atoms with Gasteiger partial charge in [0.25, 0.3) is 0 Å². The van der Waals surface area contributed by atoms with Crippen molar-refractivity contribution < 1.29 is 4.52 Å². The fourth-order valence-corrected chi connectivity index (χ4v) is 3.38. The van der Waals surface area contributed by atoms with Gasteiger partial charge in [-0.2, -0.15) is 4.98 Å². The van der Waals surface area contributed by atoms with Crippen LogP contribution >= 0.6 is 11.3 Å². The van der Waals surface area contributed by atoms with Gasteiger partial charge in [-0.15, -0.1) is 16.4 Å². The van der Waals surface area contributed by atoms with E-state index in [1.54, 1.807) is 11.3 Å². The highest BCUT2D eigenvalue weighted by Gasteiger charge is 2.28. The lowest BCUT2D eigenvalue weighted by Crippen LogP contribution is -2.02. The maximum atomic E-state index is 5.32. The first kappa shape index (κ1) is 15.2. The maximum Gasteiger partial charge on any atom is 0.246 e. The van der Waals surface area contributed by atoms with E-state index in [1.807, 2.05) is 46.5 Å². The molecular weight excluding hydrogens is 350 g/mol. The van der Waals surface area contributed by atoms with Gasteiger partial charge in [-0.1, -0.05) is 23.4 Å². The number of nitrogens with zero attached hydrogens (tertiary/aromatic N) is 6. The van der Waals surface area contributed by atoms with Crippen LogP contribution in [0.5, 0.6) is 0 Å². The van der Waals surface area contributed by atoms with Gasteiger partial charge in [-0.25, -0.2) is 4.68 Å². The summed E-state index contributed by atoms with van der Waals surface area (Å²) in [5.41, 5.74) is 1.93. The molecule has 0 atom stereocenters. The van der Waals surface area contributed by atoms with Crippen molar-refractivity contribution in [3.8, 4) is 22.1 Å². The summed E-state index contributed by atoms with van der Waals surface area (Å²) in [6.07, 6.45) is 2.28. The van der Waals surface area contributed by atoms with Crippen molar-refractivity contribution in [1.29, 1.82) is 0 Å². The Morgan fingerprint density at radius 1 is 1.23 bits per heavy atom. The number of aromatic nitrogens is 6. The molecule has 1 aromatic carbocycles. The number of rotatable bonds is 6. The summed E-state index contributed by atoms with van der Waals surface area (Å²) >= 11 is 1.59. The van der Waals surface area contributed by atoms with Gasteiger partial charge < -0.3 is 9.84 Å². The summed E-state index contributed by atoms with van der Waals surface area (Å²) in [6, 6.07) is 12.4. The van der Waals surface area contributed by atoms with Gasteiger partial charge >= 0.3 is 0 Å². The van der Waals surface area contributed by atoms with E-state index < -0.39 is 0 Å². The highest BCUT2D eigenvalue weighted by atomic mass is 32.1. The van der Waals surface area contributed by atoms with E-state index in [9.17, 15) is 0 Å². The van der Waals surface area contributed by atoms with Crippen molar-refractivity contribution in [3.05, 3.63) is 47.7 Å². The van der Waals surface area contributed by atoms with Gasteiger partial charge in [0.1, 0.15) is 0 Å². The molecule has 0 aliphatic heterocycles. The van der Waals surface area contributed by atoms with E-state index in [0.717, 1.165) is 34.8 Å². The number of nitrogens with one attached hydrogen (secondary N) is 1. The first-order valence-corrected chi connectivity index (χ1v) is 9.23. The topological polar surface area (TPSA) is 94.6 Å². The monoisotopic (exact) mass is 365 g/mol. The summed E-state index contributed by atoms with van der Waals surface area (Å²) in [4.78, 5) is 5.41. The fourth-order valence-electron chi connectivity index (χ4n) is 2.73. The molecule has 0 unspecified atom stereocenters. The molecule has 1 aliphatic rings. The quantitative estimate of drug-likeness (QED) is 0.559. The third-order valence-corrected chi connectivity index (χ3v) is 5.03. The summed E-state index contributed by atoms with van der Waals surface area (Å²) in [5.74, 6) is 1.96. The average Bonchev–Trinajstić information content (AvgIpc) is 3.13. The predicted octanol–water partition coefficient (Wildman–Crippen LogP) is 3.40. The summed E-state index contributed by atoms with van der Waals surface area (Å²) in [7, 11) is 0. The molecule has 1 aliphatic carbocycles. The number of anilines is 1. The Balaban J connectivity index is 1.31. The van der Waals surface area contributed by atoms with E-state index >= 15 is 0 Å². The minimum absolute atomic E-state index is 0.436. The smallest absolute Gasteiger partial charge is 0.246 e. The molecule has 4 aromatic rings. The Kier molecular flexibility index (Phi) is 3.71. The molecule has 8 nitrogen and oxygen atoms in total. The van der Waals surface area contributed by atoms with E-state index in [4.69, 9.17) is 4.52 Å². The van der Waals surface area contributed by atoms with Crippen LogP contribution in [0.25, 0.3) is 22.1 Å². The highest BCUT2D eigenvalue weighted by Crippen LogP contribution is 2.36. The Hall–Kier alpha value is -3.07. The standard InChI is InChI=1S/C17H15N7OS/c1-3-11(17-20-22-23-24(17)13-6-7-13)9-12(4-1)18-10-15-19-16(21-25-15)14-5-2-8-26-14/h1-5,8-9,13,18H,6-7,10H2. The second kappa shape index (κ2) is 6.34. The van der Waals surface area contributed by atoms with E-state index in [1.165, 1.54) is 0 Å². The van der Waals surface area contributed by atoms with Gasteiger partial charge in [0.05, 0.1) is 17.5 Å². The lowest BCUT2D eigenvalue weighted by atomic mass is 10.2. The van der Waals surface area contributed by atoms with E-state index in [2.05, 4.69) is 31.0 Å². The van der Waals surface area contributed by atoms with Gasteiger partial charge in [0.15, 0.2) is 5.82 Å². The zero-order valence-corrected chi connectivity index (χ0v) is 14.6. The van der Waals surface area contributed by atoms with E-state index in [-0.39, 0.29) is 0 Å². The largest absolute Gasteiger partial charge is 0.376 e.